The highest BCUT2D eigenvalue weighted by molar-refractivity contribution is 5.73. The van der Waals surface area contributed by atoms with E-state index in [0.29, 0.717) is 0 Å². The lowest BCUT2D eigenvalue weighted by Gasteiger charge is -2.35. The molecule has 1 atom stereocenters. The highest BCUT2D eigenvalue weighted by Gasteiger charge is 2.19. The van der Waals surface area contributed by atoms with E-state index in [-0.39, 0.29) is 11.9 Å². The Balaban J connectivity index is 2.05. The Labute approximate surface area is 108 Å². The van der Waals surface area contributed by atoms with Crippen LogP contribution in [0.1, 0.15) is 25.5 Å². The molecule has 0 aliphatic carbocycles. The van der Waals surface area contributed by atoms with Crippen molar-refractivity contribution in [2.75, 3.05) is 31.1 Å². The third kappa shape index (κ3) is 2.79. The minimum absolute atomic E-state index is 0.0188. The van der Waals surface area contributed by atoms with Crippen LogP contribution in [-0.2, 0) is 4.79 Å². The molecule has 2 rings (SSSR count). The maximum absolute atomic E-state index is 11.3. The third-order valence-electron chi connectivity index (χ3n) is 3.34. The monoisotopic (exact) mass is 248 g/mol. The van der Waals surface area contributed by atoms with E-state index >= 15 is 0 Å². The Hall–Kier alpha value is -1.62. The van der Waals surface area contributed by atoms with Crippen LogP contribution in [0.15, 0.2) is 18.3 Å². The summed E-state index contributed by atoms with van der Waals surface area (Å²) in [5, 5.41) is 0. The van der Waals surface area contributed by atoms with E-state index in [0.717, 1.165) is 37.6 Å². The SMILES string of the molecule is CC(=O)N1CCN(c2cc([C@H](C)N)ccn2)CC1. The highest BCUT2D eigenvalue weighted by Crippen LogP contribution is 2.18. The number of nitrogens with zero attached hydrogens (tertiary/aromatic N) is 3. The number of rotatable bonds is 2. The lowest BCUT2D eigenvalue weighted by molar-refractivity contribution is -0.129. The summed E-state index contributed by atoms with van der Waals surface area (Å²) in [4.78, 5) is 19.7. The standard InChI is InChI=1S/C13H20N4O/c1-10(14)12-3-4-15-13(9-12)17-7-5-16(6-8-17)11(2)18/h3-4,9-10H,5-8,14H2,1-2H3/t10-/m0/s1. The Bertz CT molecular complexity index is 425. The summed E-state index contributed by atoms with van der Waals surface area (Å²) in [5.41, 5.74) is 6.97. The van der Waals surface area contributed by atoms with Crippen molar-refractivity contribution >= 4 is 11.7 Å². The second kappa shape index (κ2) is 5.35. The maximum Gasteiger partial charge on any atom is 0.219 e. The van der Waals surface area contributed by atoms with Gasteiger partial charge in [-0.05, 0) is 24.6 Å². The first kappa shape index (κ1) is 12.8. The van der Waals surface area contributed by atoms with Crippen LogP contribution < -0.4 is 10.6 Å². The van der Waals surface area contributed by atoms with Crippen molar-refractivity contribution in [2.45, 2.75) is 19.9 Å². The molecule has 1 aliphatic heterocycles. The van der Waals surface area contributed by atoms with Crippen molar-refractivity contribution in [3.8, 4) is 0 Å². The van der Waals surface area contributed by atoms with Crippen molar-refractivity contribution in [2.24, 2.45) is 5.73 Å². The fourth-order valence-electron chi connectivity index (χ4n) is 2.14. The topological polar surface area (TPSA) is 62.5 Å². The molecule has 1 amide bonds. The molecule has 1 aromatic rings. The van der Waals surface area contributed by atoms with Crippen LogP contribution in [0.4, 0.5) is 5.82 Å². The molecule has 0 aromatic carbocycles. The number of amides is 1. The Morgan fingerprint density at radius 3 is 2.61 bits per heavy atom. The summed E-state index contributed by atoms with van der Waals surface area (Å²) < 4.78 is 0. The van der Waals surface area contributed by atoms with Gasteiger partial charge in [-0.1, -0.05) is 0 Å². The molecule has 0 spiro atoms. The summed E-state index contributed by atoms with van der Waals surface area (Å²) in [5.74, 6) is 1.10. The molecule has 0 saturated carbocycles. The van der Waals surface area contributed by atoms with Crippen molar-refractivity contribution in [3.63, 3.8) is 0 Å². The lowest BCUT2D eigenvalue weighted by atomic mass is 10.1. The predicted octanol–water partition coefficient (Wildman–Crippen LogP) is 0.770. The van der Waals surface area contributed by atoms with Crippen molar-refractivity contribution < 1.29 is 4.79 Å². The van der Waals surface area contributed by atoms with Gasteiger partial charge >= 0.3 is 0 Å². The first-order valence-corrected chi connectivity index (χ1v) is 6.30. The molecule has 98 valence electrons. The van der Waals surface area contributed by atoms with Crippen LogP contribution in [0.3, 0.4) is 0 Å². The summed E-state index contributed by atoms with van der Waals surface area (Å²) in [6, 6.07) is 4.00. The van der Waals surface area contributed by atoms with Gasteiger partial charge in [0.1, 0.15) is 5.82 Å². The van der Waals surface area contributed by atoms with Gasteiger partial charge in [0.15, 0.2) is 0 Å². The van der Waals surface area contributed by atoms with Gasteiger partial charge < -0.3 is 15.5 Å². The lowest BCUT2D eigenvalue weighted by Crippen LogP contribution is -2.48. The van der Waals surface area contributed by atoms with E-state index in [2.05, 4.69) is 9.88 Å². The molecule has 5 nitrogen and oxygen atoms in total. The number of hydrogen-bond acceptors (Lipinski definition) is 4. The van der Waals surface area contributed by atoms with Crippen molar-refractivity contribution in [3.05, 3.63) is 23.9 Å². The average Bonchev–Trinajstić information content (AvgIpc) is 2.39. The molecule has 0 unspecified atom stereocenters. The number of carbonyl (C=O) groups excluding carboxylic acids is 1. The van der Waals surface area contributed by atoms with Gasteiger partial charge in [0.2, 0.25) is 5.91 Å². The molecule has 0 radical (unpaired) electrons. The number of nitrogens with two attached hydrogens (primary N) is 1. The smallest absolute Gasteiger partial charge is 0.219 e. The summed E-state index contributed by atoms with van der Waals surface area (Å²) in [7, 11) is 0. The Kier molecular flexibility index (Phi) is 3.81. The first-order valence-electron chi connectivity index (χ1n) is 6.30. The fraction of sp³-hybridized carbons (Fsp3) is 0.538. The molecular weight excluding hydrogens is 228 g/mol. The first-order chi connectivity index (χ1) is 8.58. The number of hydrogen-bond donors (Lipinski definition) is 1. The normalized spacial score (nSPS) is 17.7. The number of anilines is 1. The van der Waals surface area contributed by atoms with Gasteiger partial charge in [-0.2, -0.15) is 0 Å². The minimum atomic E-state index is 0.0188. The van der Waals surface area contributed by atoms with Crippen LogP contribution in [0.25, 0.3) is 0 Å². The second-order valence-electron chi connectivity index (χ2n) is 4.73. The van der Waals surface area contributed by atoms with Gasteiger partial charge in [0.05, 0.1) is 0 Å². The van der Waals surface area contributed by atoms with E-state index in [1.165, 1.54) is 0 Å². The predicted molar refractivity (Wildman–Crippen MR) is 71.3 cm³/mol. The molecule has 1 saturated heterocycles. The number of pyridine rings is 1. The van der Waals surface area contributed by atoms with E-state index in [9.17, 15) is 4.79 Å². The van der Waals surface area contributed by atoms with Gasteiger partial charge in [-0.3, -0.25) is 4.79 Å². The summed E-state index contributed by atoms with van der Waals surface area (Å²) >= 11 is 0. The van der Waals surface area contributed by atoms with Gasteiger partial charge in [-0.15, -0.1) is 0 Å². The largest absolute Gasteiger partial charge is 0.353 e. The molecule has 1 aromatic heterocycles. The number of carbonyl (C=O) groups is 1. The van der Waals surface area contributed by atoms with Crippen LogP contribution in [0, 0.1) is 0 Å². The molecule has 2 heterocycles. The van der Waals surface area contributed by atoms with Crippen molar-refractivity contribution in [1.29, 1.82) is 0 Å². The van der Waals surface area contributed by atoms with Crippen LogP contribution in [-0.4, -0.2) is 42.0 Å². The average molecular weight is 248 g/mol. The molecule has 0 bridgehead atoms. The summed E-state index contributed by atoms with van der Waals surface area (Å²) in [6.45, 7) is 6.76. The molecule has 18 heavy (non-hydrogen) atoms. The van der Waals surface area contributed by atoms with Crippen LogP contribution in [0.2, 0.25) is 0 Å². The zero-order valence-corrected chi connectivity index (χ0v) is 11.0. The molecule has 2 N–H and O–H groups in total. The molecule has 1 fully saturated rings. The maximum atomic E-state index is 11.3. The second-order valence-corrected chi connectivity index (χ2v) is 4.73. The van der Waals surface area contributed by atoms with Crippen LogP contribution >= 0.6 is 0 Å². The van der Waals surface area contributed by atoms with E-state index in [4.69, 9.17) is 5.73 Å². The number of aromatic nitrogens is 1. The molecule has 5 heteroatoms. The Morgan fingerprint density at radius 2 is 2.06 bits per heavy atom. The van der Waals surface area contributed by atoms with Gasteiger partial charge in [0.25, 0.3) is 0 Å². The van der Waals surface area contributed by atoms with Gasteiger partial charge in [-0.25, -0.2) is 4.98 Å². The fourth-order valence-corrected chi connectivity index (χ4v) is 2.14. The van der Waals surface area contributed by atoms with E-state index in [1.807, 2.05) is 24.0 Å². The zero-order chi connectivity index (χ0) is 13.1. The van der Waals surface area contributed by atoms with E-state index < -0.39 is 0 Å². The minimum Gasteiger partial charge on any atom is -0.353 e. The molecule has 1 aliphatic rings. The number of piperazine rings is 1. The van der Waals surface area contributed by atoms with Crippen LogP contribution in [0.5, 0.6) is 0 Å². The quantitative estimate of drug-likeness (QED) is 0.839. The molecular formula is C13H20N4O. The third-order valence-corrected chi connectivity index (χ3v) is 3.34. The van der Waals surface area contributed by atoms with E-state index in [1.54, 1.807) is 13.1 Å². The van der Waals surface area contributed by atoms with Crippen molar-refractivity contribution in [1.82, 2.24) is 9.88 Å². The Morgan fingerprint density at radius 1 is 1.39 bits per heavy atom. The highest BCUT2D eigenvalue weighted by atomic mass is 16.2. The zero-order valence-electron chi connectivity index (χ0n) is 11.0. The van der Waals surface area contributed by atoms with Gasteiger partial charge in [0, 0.05) is 45.3 Å². The summed E-state index contributed by atoms with van der Waals surface area (Å²) in [6.07, 6.45) is 1.80.